The van der Waals surface area contributed by atoms with Crippen molar-refractivity contribution >= 4 is 29.9 Å². The molecule has 2 aromatic carbocycles. The number of halogens is 2. The molecule has 176 valence electrons. The predicted molar refractivity (Wildman–Crippen MR) is 136 cm³/mol. The zero-order valence-electron chi connectivity index (χ0n) is 18.5. The van der Waals surface area contributed by atoms with Crippen molar-refractivity contribution in [3.8, 4) is 11.5 Å². The molecule has 0 unspecified atom stereocenters. The first kappa shape index (κ1) is 26.3. The molecule has 0 saturated carbocycles. The van der Waals surface area contributed by atoms with E-state index in [0.717, 1.165) is 63.8 Å². The summed E-state index contributed by atoms with van der Waals surface area (Å²) in [5.41, 5.74) is 1.11. The zero-order chi connectivity index (χ0) is 21.7. The zero-order valence-corrected chi connectivity index (χ0v) is 20.8. The lowest BCUT2D eigenvalue weighted by Gasteiger charge is -2.21. The number of nitrogens with zero attached hydrogens (tertiary/aromatic N) is 1. The number of hydrogen-bond donors (Lipinski definition) is 2. The number of rotatable bonds is 10. The molecule has 1 heterocycles. The molecule has 2 N–H and O–H groups in total. The van der Waals surface area contributed by atoms with Crippen LogP contribution in [0, 0.1) is 11.7 Å². The normalized spacial score (nSPS) is 14.5. The van der Waals surface area contributed by atoms with E-state index in [9.17, 15) is 4.39 Å². The summed E-state index contributed by atoms with van der Waals surface area (Å²) in [6, 6.07) is 13.7. The first-order chi connectivity index (χ1) is 15.2. The van der Waals surface area contributed by atoms with Crippen LogP contribution in [0.3, 0.4) is 0 Å². The van der Waals surface area contributed by atoms with Gasteiger partial charge < -0.3 is 24.8 Å². The Morgan fingerprint density at radius 2 is 1.69 bits per heavy atom. The topological polar surface area (TPSA) is 64.1 Å². The lowest BCUT2D eigenvalue weighted by molar-refractivity contribution is 0.0203. The van der Waals surface area contributed by atoms with Gasteiger partial charge in [-0.1, -0.05) is 12.1 Å². The highest BCUT2D eigenvalue weighted by Crippen LogP contribution is 2.21. The highest BCUT2D eigenvalue weighted by Gasteiger charge is 2.13. The molecule has 1 aliphatic rings. The monoisotopic (exact) mass is 557 g/mol. The maximum Gasteiger partial charge on any atom is 0.191 e. The van der Waals surface area contributed by atoms with Crippen LogP contribution < -0.4 is 15.4 Å². The first-order valence-corrected chi connectivity index (χ1v) is 10.9. The van der Waals surface area contributed by atoms with Crippen LogP contribution in [0.4, 0.5) is 4.39 Å². The number of aliphatic imine (C=N–C) groups is 1. The molecule has 6 nitrogen and oxygen atoms in total. The number of ether oxygens (including phenoxy) is 3. The fourth-order valence-electron chi connectivity index (χ4n) is 3.26. The SMILES string of the molecule is CN=C(NCCCOCC1CCOCC1)NCc1ccc(Oc2ccc(F)cc2)cc1.I. The molecule has 0 aliphatic carbocycles. The fraction of sp³-hybridized carbons (Fsp3) is 0.458. The Hall–Kier alpha value is -1.91. The van der Waals surface area contributed by atoms with Crippen molar-refractivity contribution in [1.82, 2.24) is 10.6 Å². The summed E-state index contributed by atoms with van der Waals surface area (Å²) in [5.74, 6) is 2.44. The van der Waals surface area contributed by atoms with Crippen molar-refractivity contribution in [3.05, 3.63) is 59.9 Å². The van der Waals surface area contributed by atoms with Gasteiger partial charge in [-0.25, -0.2) is 4.39 Å². The average molecular weight is 557 g/mol. The molecular formula is C24H33FIN3O3. The summed E-state index contributed by atoms with van der Waals surface area (Å²) >= 11 is 0. The molecule has 2 aromatic rings. The smallest absolute Gasteiger partial charge is 0.191 e. The summed E-state index contributed by atoms with van der Waals surface area (Å²) in [4.78, 5) is 4.26. The molecule has 0 radical (unpaired) electrons. The van der Waals surface area contributed by atoms with Crippen LogP contribution in [0.15, 0.2) is 53.5 Å². The van der Waals surface area contributed by atoms with Crippen molar-refractivity contribution in [2.45, 2.75) is 25.8 Å². The summed E-state index contributed by atoms with van der Waals surface area (Å²) in [7, 11) is 1.76. The van der Waals surface area contributed by atoms with E-state index in [1.54, 1.807) is 19.2 Å². The molecule has 0 bridgehead atoms. The minimum Gasteiger partial charge on any atom is -0.457 e. The van der Waals surface area contributed by atoms with Crippen LogP contribution in [0.25, 0.3) is 0 Å². The second-order valence-corrected chi connectivity index (χ2v) is 7.54. The van der Waals surface area contributed by atoms with Crippen LogP contribution in [0.5, 0.6) is 11.5 Å². The highest BCUT2D eigenvalue weighted by atomic mass is 127. The Morgan fingerprint density at radius 1 is 1.03 bits per heavy atom. The maximum absolute atomic E-state index is 13.0. The van der Waals surface area contributed by atoms with Crippen LogP contribution in [-0.4, -0.2) is 46.0 Å². The lowest BCUT2D eigenvalue weighted by atomic mass is 10.0. The molecule has 32 heavy (non-hydrogen) atoms. The van der Waals surface area contributed by atoms with Crippen molar-refractivity contribution in [1.29, 1.82) is 0 Å². The summed E-state index contributed by atoms with van der Waals surface area (Å²) < 4.78 is 29.9. The number of nitrogens with one attached hydrogen (secondary N) is 2. The first-order valence-electron chi connectivity index (χ1n) is 10.9. The van der Waals surface area contributed by atoms with Gasteiger partial charge in [-0.3, -0.25) is 4.99 Å². The van der Waals surface area contributed by atoms with Crippen LogP contribution >= 0.6 is 24.0 Å². The Morgan fingerprint density at radius 3 is 2.34 bits per heavy atom. The lowest BCUT2D eigenvalue weighted by Crippen LogP contribution is -2.37. The van der Waals surface area contributed by atoms with Crippen LogP contribution in [0.2, 0.25) is 0 Å². The third kappa shape index (κ3) is 9.70. The van der Waals surface area contributed by atoms with Gasteiger partial charge in [0.15, 0.2) is 5.96 Å². The molecule has 0 spiro atoms. The van der Waals surface area contributed by atoms with Gasteiger partial charge in [0.05, 0.1) is 0 Å². The average Bonchev–Trinajstić information content (AvgIpc) is 2.81. The van der Waals surface area contributed by atoms with Crippen LogP contribution in [0.1, 0.15) is 24.8 Å². The number of hydrogen-bond acceptors (Lipinski definition) is 4. The molecule has 0 amide bonds. The molecule has 1 aliphatic heterocycles. The van der Waals surface area contributed by atoms with Gasteiger partial charge in [-0.05, 0) is 67.1 Å². The van der Waals surface area contributed by atoms with E-state index in [-0.39, 0.29) is 29.8 Å². The second-order valence-electron chi connectivity index (χ2n) is 7.54. The molecule has 0 aromatic heterocycles. The van der Waals surface area contributed by atoms with Crippen molar-refractivity contribution in [2.75, 3.05) is 40.0 Å². The quantitative estimate of drug-likeness (QED) is 0.191. The van der Waals surface area contributed by atoms with Gasteiger partial charge >= 0.3 is 0 Å². The predicted octanol–water partition coefficient (Wildman–Crippen LogP) is 4.73. The molecule has 8 heteroatoms. The van der Waals surface area contributed by atoms with Gasteiger partial charge in [0.25, 0.3) is 0 Å². The van der Waals surface area contributed by atoms with Crippen molar-refractivity contribution in [2.24, 2.45) is 10.9 Å². The summed E-state index contributed by atoms with van der Waals surface area (Å²) in [6.45, 7) is 4.76. The molecular weight excluding hydrogens is 524 g/mol. The van der Waals surface area contributed by atoms with Gasteiger partial charge in [0, 0.05) is 46.6 Å². The Bertz CT molecular complexity index is 797. The van der Waals surface area contributed by atoms with Gasteiger partial charge in [-0.15, -0.1) is 24.0 Å². The standard InChI is InChI=1S/C24H32FN3O3.HI/c1-26-24(27-13-2-14-30-18-20-11-15-29-16-12-20)28-17-19-3-7-22(8-4-19)31-23-9-5-21(25)6-10-23;/h3-10,20H,2,11-18H2,1H3,(H2,26,27,28);1H. The maximum atomic E-state index is 13.0. The van der Waals surface area contributed by atoms with Crippen LogP contribution in [-0.2, 0) is 16.0 Å². The number of guanidine groups is 1. The van der Waals surface area contributed by atoms with Crippen molar-refractivity contribution in [3.63, 3.8) is 0 Å². The molecule has 1 saturated heterocycles. The highest BCUT2D eigenvalue weighted by molar-refractivity contribution is 14.0. The van der Waals surface area contributed by atoms with Gasteiger partial charge in [0.1, 0.15) is 17.3 Å². The summed E-state index contributed by atoms with van der Waals surface area (Å²) in [6.07, 6.45) is 3.14. The minimum atomic E-state index is -0.279. The minimum absolute atomic E-state index is 0. The molecule has 3 rings (SSSR count). The Balaban J connectivity index is 0.00000363. The van der Waals surface area contributed by atoms with Gasteiger partial charge in [-0.2, -0.15) is 0 Å². The van der Waals surface area contributed by atoms with E-state index in [4.69, 9.17) is 14.2 Å². The van der Waals surface area contributed by atoms with E-state index in [2.05, 4.69) is 15.6 Å². The van der Waals surface area contributed by atoms with E-state index < -0.39 is 0 Å². The third-order valence-electron chi connectivity index (χ3n) is 5.11. The van der Waals surface area contributed by atoms with E-state index in [0.29, 0.717) is 24.0 Å². The largest absolute Gasteiger partial charge is 0.457 e. The summed E-state index contributed by atoms with van der Waals surface area (Å²) in [5, 5.41) is 6.62. The Labute approximate surface area is 207 Å². The van der Waals surface area contributed by atoms with Crippen molar-refractivity contribution < 1.29 is 18.6 Å². The molecule has 1 fully saturated rings. The van der Waals surface area contributed by atoms with Gasteiger partial charge in [0.2, 0.25) is 0 Å². The fourth-order valence-corrected chi connectivity index (χ4v) is 3.26. The third-order valence-corrected chi connectivity index (χ3v) is 5.11. The van der Waals surface area contributed by atoms with E-state index in [1.807, 2.05) is 24.3 Å². The van der Waals surface area contributed by atoms with E-state index >= 15 is 0 Å². The van der Waals surface area contributed by atoms with E-state index in [1.165, 1.54) is 12.1 Å². The molecule has 0 atom stereocenters. The Kier molecular flexibility index (Phi) is 12.4. The number of benzene rings is 2. The second kappa shape index (κ2) is 15.0.